The third-order valence-corrected chi connectivity index (χ3v) is 7.47. The lowest BCUT2D eigenvalue weighted by atomic mass is 9.48. The van der Waals surface area contributed by atoms with Crippen LogP contribution in [0.5, 0.6) is 11.5 Å². The number of hydrogen-bond donors (Lipinski definition) is 1. The van der Waals surface area contributed by atoms with Gasteiger partial charge in [0.15, 0.2) is 11.5 Å². The van der Waals surface area contributed by atoms with Crippen LogP contribution in [0.2, 0.25) is 0 Å². The molecule has 0 aromatic heterocycles. The van der Waals surface area contributed by atoms with Crippen molar-refractivity contribution in [3.05, 3.63) is 23.8 Å². The number of carbonyl (C=O) groups is 1. The molecule has 4 saturated carbocycles. The van der Waals surface area contributed by atoms with Gasteiger partial charge in [-0.15, -0.1) is 0 Å². The molecule has 0 radical (unpaired) electrons. The van der Waals surface area contributed by atoms with Gasteiger partial charge in [-0.3, -0.25) is 4.79 Å². The lowest BCUT2D eigenvalue weighted by Crippen LogP contribution is -2.55. The van der Waals surface area contributed by atoms with Gasteiger partial charge in [0.2, 0.25) is 5.91 Å². The summed E-state index contributed by atoms with van der Waals surface area (Å²) in [4.78, 5) is 12.6. The molecule has 4 fully saturated rings. The Bertz CT molecular complexity index is 664. The van der Waals surface area contributed by atoms with E-state index in [1.807, 2.05) is 18.2 Å². The number of nitrogens with one attached hydrogen (secondary N) is 1. The third-order valence-electron chi connectivity index (χ3n) is 7.47. The second-order valence-electron chi connectivity index (χ2n) is 9.26. The van der Waals surface area contributed by atoms with E-state index in [-0.39, 0.29) is 5.91 Å². The number of hydrogen-bond acceptors (Lipinski definition) is 3. The zero-order valence-electron chi connectivity index (χ0n) is 16.9. The highest BCUT2D eigenvalue weighted by molar-refractivity contribution is 5.76. The van der Waals surface area contributed by atoms with E-state index < -0.39 is 0 Å². The molecule has 148 valence electrons. The largest absolute Gasteiger partial charge is 0.493 e. The average molecular weight is 372 g/mol. The highest BCUT2D eigenvalue weighted by atomic mass is 16.5. The third kappa shape index (κ3) is 3.68. The molecule has 0 aliphatic heterocycles. The summed E-state index contributed by atoms with van der Waals surface area (Å²) in [7, 11) is 3.28. The van der Waals surface area contributed by atoms with E-state index in [0.29, 0.717) is 17.9 Å². The quantitative estimate of drug-likeness (QED) is 0.775. The Labute approximate surface area is 163 Å². The minimum absolute atomic E-state index is 0.174. The van der Waals surface area contributed by atoms with Gasteiger partial charge >= 0.3 is 0 Å². The van der Waals surface area contributed by atoms with Crippen LogP contribution < -0.4 is 14.8 Å². The Morgan fingerprint density at radius 3 is 2.22 bits per heavy atom. The Kier molecular flexibility index (Phi) is 5.09. The molecule has 4 aliphatic rings. The zero-order chi connectivity index (χ0) is 19.0. The molecular weight excluding hydrogens is 338 g/mol. The summed E-state index contributed by atoms with van der Waals surface area (Å²) in [6, 6.07) is 6.18. The van der Waals surface area contributed by atoms with E-state index in [2.05, 4.69) is 12.2 Å². The smallest absolute Gasteiger partial charge is 0.220 e. The predicted molar refractivity (Wildman–Crippen MR) is 106 cm³/mol. The molecule has 1 atom stereocenters. The first-order chi connectivity index (χ1) is 13.0. The first kappa shape index (κ1) is 18.6. The van der Waals surface area contributed by atoms with Crippen LogP contribution in [0, 0.1) is 23.2 Å². The number of rotatable bonds is 7. The van der Waals surface area contributed by atoms with Gasteiger partial charge < -0.3 is 14.8 Å². The summed E-state index contributed by atoms with van der Waals surface area (Å²) in [5.41, 5.74) is 1.47. The average Bonchev–Trinajstić information content (AvgIpc) is 2.65. The van der Waals surface area contributed by atoms with Gasteiger partial charge in [0.1, 0.15) is 0 Å². The van der Waals surface area contributed by atoms with Gasteiger partial charge in [0, 0.05) is 12.5 Å². The number of benzene rings is 1. The molecule has 0 saturated heterocycles. The lowest BCUT2D eigenvalue weighted by molar-refractivity contribution is -0.125. The number of methoxy groups -OCH3 is 2. The summed E-state index contributed by atoms with van der Waals surface area (Å²) < 4.78 is 10.6. The minimum atomic E-state index is 0.174. The van der Waals surface area contributed by atoms with E-state index in [4.69, 9.17) is 9.47 Å². The summed E-state index contributed by atoms with van der Waals surface area (Å²) in [5.74, 6) is 4.37. The first-order valence-electron chi connectivity index (χ1n) is 10.5. The van der Waals surface area contributed by atoms with Gasteiger partial charge in [-0.2, -0.15) is 0 Å². The molecule has 4 nitrogen and oxygen atoms in total. The SMILES string of the molecule is COc1ccc(CCC(=O)NC(C)C23CC4CC(CC(C4)C2)C3)cc1OC. The maximum absolute atomic E-state index is 12.6. The molecule has 1 unspecified atom stereocenters. The molecule has 1 aromatic carbocycles. The fraction of sp³-hybridized carbons (Fsp3) is 0.696. The first-order valence-corrected chi connectivity index (χ1v) is 10.5. The molecule has 5 rings (SSSR count). The van der Waals surface area contributed by atoms with Crippen LogP contribution in [-0.4, -0.2) is 26.2 Å². The second kappa shape index (κ2) is 7.37. The molecule has 0 heterocycles. The van der Waals surface area contributed by atoms with Crippen LogP contribution in [0.25, 0.3) is 0 Å². The maximum atomic E-state index is 12.6. The Hall–Kier alpha value is -1.71. The Morgan fingerprint density at radius 1 is 1.07 bits per heavy atom. The van der Waals surface area contributed by atoms with Crippen molar-refractivity contribution in [3.63, 3.8) is 0 Å². The molecular formula is C23H33NO3. The van der Waals surface area contributed by atoms with Crippen molar-refractivity contribution in [2.24, 2.45) is 23.2 Å². The highest BCUT2D eigenvalue weighted by Crippen LogP contribution is 2.61. The van der Waals surface area contributed by atoms with Crippen LogP contribution in [0.4, 0.5) is 0 Å². The molecule has 0 spiro atoms. The zero-order valence-corrected chi connectivity index (χ0v) is 16.9. The normalized spacial score (nSPS) is 32.2. The van der Waals surface area contributed by atoms with Crippen molar-refractivity contribution in [3.8, 4) is 11.5 Å². The van der Waals surface area contributed by atoms with Gasteiger partial charge in [-0.1, -0.05) is 6.07 Å². The molecule has 4 bridgehead atoms. The fourth-order valence-corrected chi connectivity index (χ4v) is 6.47. The van der Waals surface area contributed by atoms with E-state index in [9.17, 15) is 4.79 Å². The minimum Gasteiger partial charge on any atom is -0.493 e. The molecule has 1 aromatic rings. The van der Waals surface area contributed by atoms with Crippen molar-refractivity contribution in [1.29, 1.82) is 0 Å². The maximum Gasteiger partial charge on any atom is 0.220 e. The summed E-state index contributed by atoms with van der Waals surface area (Å²) in [6.07, 6.45) is 9.56. The van der Waals surface area contributed by atoms with Gasteiger partial charge in [0.25, 0.3) is 0 Å². The molecule has 27 heavy (non-hydrogen) atoms. The van der Waals surface area contributed by atoms with Crippen molar-refractivity contribution in [1.82, 2.24) is 5.32 Å². The Morgan fingerprint density at radius 2 is 1.67 bits per heavy atom. The number of ether oxygens (including phenoxy) is 2. The molecule has 1 amide bonds. The highest BCUT2D eigenvalue weighted by Gasteiger charge is 2.53. The number of aryl methyl sites for hydroxylation is 1. The van der Waals surface area contributed by atoms with E-state index in [0.717, 1.165) is 41.2 Å². The van der Waals surface area contributed by atoms with Gasteiger partial charge in [0.05, 0.1) is 14.2 Å². The van der Waals surface area contributed by atoms with E-state index >= 15 is 0 Å². The van der Waals surface area contributed by atoms with Crippen LogP contribution >= 0.6 is 0 Å². The number of carbonyl (C=O) groups excluding carboxylic acids is 1. The molecule has 4 aliphatic carbocycles. The summed E-state index contributed by atoms with van der Waals surface area (Å²) in [5, 5.41) is 3.36. The van der Waals surface area contributed by atoms with Crippen molar-refractivity contribution >= 4 is 5.91 Å². The van der Waals surface area contributed by atoms with Crippen LogP contribution in [0.3, 0.4) is 0 Å². The van der Waals surface area contributed by atoms with Crippen LogP contribution in [0.1, 0.15) is 57.4 Å². The van der Waals surface area contributed by atoms with Crippen LogP contribution in [0.15, 0.2) is 18.2 Å². The van der Waals surface area contributed by atoms with Crippen LogP contribution in [-0.2, 0) is 11.2 Å². The van der Waals surface area contributed by atoms with E-state index in [1.54, 1.807) is 14.2 Å². The van der Waals surface area contributed by atoms with Crippen molar-refractivity contribution in [2.45, 2.75) is 64.3 Å². The standard InChI is InChI=1S/C23H33NO3/c1-15(23-12-17-8-18(13-23)10-19(9-17)14-23)24-22(25)7-5-16-4-6-20(26-2)21(11-16)27-3/h4,6,11,15,17-19H,5,7-10,12-14H2,1-3H3,(H,24,25). The second-order valence-corrected chi connectivity index (χ2v) is 9.26. The summed E-state index contributed by atoms with van der Waals surface area (Å²) in [6.45, 7) is 2.25. The summed E-state index contributed by atoms with van der Waals surface area (Å²) >= 11 is 0. The topological polar surface area (TPSA) is 47.6 Å². The Balaban J connectivity index is 1.33. The lowest BCUT2D eigenvalue weighted by Gasteiger charge is -2.59. The van der Waals surface area contributed by atoms with Gasteiger partial charge in [-0.25, -0.2) is 0 Å². The molecule has 1 N–H and O–H groups in total. The van der Waals surface area contributed by atoms with Gasteiger partial charge in [-0.05, 0) is 92.7 Å². The molecule has 4 heteroatoms. The predicted octanol–water partition coefficient (Wildman–Crippen LogP) is 4.36. The fourth-order valence-electron chi connectivity index (χ4n) is 6.47. The van der Waals surface area contributed by atoms with Crippen molar-refractivity contribution < 1.29 is 14.3 Å². The monoisotopic (exact) mass is 371 g/mol. The van der Waals surface area contributed by atoms with E-state index in [1.165, 1.54) is 38.5 Å². The number of amides is 1. The van der Waals surface area contributed by atoms with Crippen molar-refractivity contribution in [2.75, 3.05) is 14.2 Å².